The number of phenolic OH excluding ortho intramolecular Hbond substituents is 4. The smallest absolute Gasteiger partial charge is 0.127 e. The predicted molar refractivity (Wildman–Crippen MR) is 198 cm³/mol. The highest BCUT2D eigenvalue weighted by Gasteiger charge is 2.55. The zero-order valence-electron chi connectivity index (χ0n) is 32.1. The first kappa shape index (κ1) is 36.7. The lowest BCUT2D eigenvalue weighted by Gasteiger charge is -2.53. The normalized spacial score (nSPS) is 24.9. The number of rotatable bonds is 8. The van der Waals surface area contributed by atoms with Crippen molar-refractivity contribution in [1.29, 1.82) is 0 Å². The number of hydrogen-bond acceptors (Lipinski definition) is 6. The van der Waals surface area contributed by atoms with E-state index in [-0.39, 0.29) is 51.6 Å². The summed E-state index contributed by atoms with van der Waals surface area (Å²) in [5.74, 6) is 1.96. The molecule has 0 radical (unpaired) electrons. The van der Waals surface area contributed by atoms with Crippen LogP contribution in [0.25, 0.3) is 0 Å². The molecule has 6 nitrogen and oxygen atoms in total. The molecule has 0 saturated carbocycles. The van der Waals surface area contributed by atoms with E-state index in [1.807, 2.05) is 6.07 Å². The average Bonchev–Trinajstić information content (AvgIpc) is 2.98. The van der Waals surface area contributed by atoms with Crippen LogP contribution in [0.1, 0.15) is 167 Å². The number of fused-ring (bicyclic) bond motifs is 2. The molecule has 3 aromatic rings. The maximum Gasteiger partial charge on any atom is 0.127 e. The summed E-state index contributed by atoms with van der Waals surface area (Å²) in [5, 5.41) is 45.0. The topological polar surface area (TPSA) is 99.4 Å². The van der Waals surface area contributed by atoms with Crippen molar-refractivity contribution in [3.63, 3.8) is 0 Å². The number of phenols is 4. The van der Waals surface area contributed by atoms with Gasteiger partial charge in [-0.15, -0.1) is 0 Å². The largest absolute Gasteiger partial charge is 0.508 e. The number of aromatic hydroxyl groups is 4. The maximum absolute atomic E-state index is 11.6. The van der Waals surface area contributed by atoms with Crippen LogP contribution in [0.15, 0.2) is 36.4 Å². The molecule has 6 heteroatoms. The van der Waals surface area contributed by atoms with Crippen LogP contribution < -0.4 is 9.47 Å². The van der Waals surface area contributed by atoms with Gasteiger partial charge in [-0.2, -0.15) is 0 Å². The molecule has 0 amide bonds. The lowest BCUT2D eigenvalue weighted by atomic mass is 9.59. The van der Waals surface area contributed by atoms with Crippen LogP contribution in [0, 0.1) is 0 Å². The van der Waals surface area contributed by atoms with Crippen molar-refractivity contribution < 1.29 is 29.9 Å². The van der Waals surface area contributed by atoms with E-state index < -0.39 is 16.6 Å². The Hall–Kier alpha value is -3.54. The van der Waals surface area contributed by atoms with Crippen LogP contribution in [0.5, 0.6) is 34.5 Å². The van der Waals surface area contributed by atoms with Crippen LogP contribution in [-0.2, 0) is 16.2 Å². The minimum absolute atomic E-state index is 0.0159. The molecule has 0 aliphatic carbocycles. The summed E-state index contributed by atoms with van der Waals surface area (Å²) < 4.78 is 13.7. The Bertz CT molecular complexity index is 1750. The molecule has 268 valence electrons. The molecular formula is C43H60O6. The van der Waals surface area contributed by atoms with Gasteiger partial charge in [-0.25, -0.2) is 0 Å². The second kappa shape index (κ2) is 12.1. The fourth-order valence-corrected chi connectivity index (χ4v) is 9.06. The fourth-order valence-electron chi connectivity index (χ4n) is 9.06. The van der Waals surface area contributed by atoms with Crippen molar-refractivity contribution in [3.05, 3.63) is 69.8 Å². The fraction of sp³-hybridized carbons (Fsp3) is 0.581. The standard InChI is InChI=1S/C43H60O6/c1-14-25(5)28-17-32-37(21-35(28)46)48-42(12,22-39(32,7)8)26(6)29-18-30(36(47)19-33(29)44)41(11,15-2)43(13)23-40(9,10)31-16-27(24(3)4)34(45)20-38(31)49-43/h16-21,24-26,44-47H,14-15,22-23H2,1-13H3. The summed E-state index contributed by atoms with van der Waals surface area (Å²) in [5.41, 5.74) is 2.67. The Morgan fingerprint density at radius 1 is 0.653 bits per heavy atom. The summed E-state index contributed by atoms with van der Waals surface area (Å²) in [7, 11) is 0. The van der Waals surface area contributed by atoms with Gasteiger partial charge in [-0.05, 0) is 91.5 Å². The molecule has 0 fully saturated rings. The van der Waals surface area contributed by atoms with Crippen molar-refractivity contribution in [1.82, 2.24) is 0 Å². The van der Waals surface area contributed by atoms with Crippen molar-refractivity contribution in [3.8, 4) is 34.5 Å². The Morgan fingerprint density at radius 3 is 1.71 bits per heavy atom. The summed E-state index contributed by atoms with van der Waals surface area (Å²) in [6.07, 6.45) is 2.95. The van der Waals surface area contributed by atoms with Crippen molar-refractivity contribution in [2.75, 3.05) is 0 Å². The van der Waals surface area contributed by atoms with Gasteiger partial charge in [0.1, 0.15) is 45.7 Å². The highest BCUT2D eigenvalue weighted by atomic mass is 16.5. The molecule has 5 atom stereocenters. The van der Waals surface area contributed by atoms with E-state index in [0.717, 1.165) is 28.7 Å². The number of hydrogen-bond donors (Lipinski definition) is 4. The summed E-state index contributed by atoms with van der Waals surface area (Å²) in [4.78, 5) is 0. The van der Waals surface area contributed by atoms with Crippen LogP contribution in [-0.4, -0.2) is 31.6 Å². The van der Waals surface area contributed by atoms with Gasteiger partial charge in [0.05, 0.1) is 0 Å². The zero-order valence-corrected chi connectivity index (χ0v) is 32.1. The third-order valence-corrected chi connectivity index (χ3v) is 12.7. The predicted octanol–water partition coefficient (Wildman–Crippen LogP) is 11.0. The molecule has 0 saturated heterocycles. The highest BCUT2D eigenvalue weighted by molar-refractivity contribution is 5.56. The van der Waals surface area contributed by atoms with Crippen molar-refractivity contribution in [2.24, 2.45) is 0 Å². The molecule has 49 heavy (non-hydrogen) atoms. The first-order valence-corrected chi connectivity index (χ1v) is 18.2. The van der Waals surface area contributed by atoms with Gasteiger partial charge < -0.3 is 29.9 Å². The van der Waals surface area contributed by atoms with Crippen LogP contribution in [0.4, 0.5) is 0 Å². The Labute approximate surface area is 294 Å². The van der Waals surface area contributed by atoms with E-state index in [4.69, 9.17) is 9.47 Å². The second-order valence-corrected chi connectivity index (χ2v) is 17.5. The quantitative estimate of drug-likeness (QED) is 0.190. The molecule has 5 unspecified atom stereocenters. The third kappa shape index (κ3) is 5.91. The van der Waals surface area contributed by atoms with Gasteiger partial charge in [-0.1, -0.05) is 76.2 Å². The van der Waals surface area contributed by atoms with Crippen LogP contribution >= 0.6 is 0 Å². The summed E-state index contributed by atoms with van der Waals surface area (Å²) in [6.45, 7) is 27.8. The molecule has 4 N–H and O–H groups in total. The number of ether oxygens (including phenoxy) is 2. The first-order valence-electron chi connectivity index (χ1n) is 18.2. The van der Waals surface area contributed by atoms with Gasteiger partial charge in [0, 0.05) is 51.8 Å². The molecule has 0 spiro atoms. The Balaban J connectivity index is 1.58. The Morgan fingerprint density at radius 2 is 1.16 bits per heavy atom. The van der Waals surface area contributed by atoms with Crippen LogP contribution in [0.2, 0.25) is 0 Å². The molecule has 3 aromatic carbocycles. The molecule has 2 aliphatic heterocycles. The lowest BCUT2D eigenvalue weighted by molar-refractivity contribution is -0.0338. The van der Waals surface area contributed by atoms with Crippen molar-refractivity contribution in [2.45, 2.75) is 161 Å². The van der Waals surface area contributed by atoms with E-state index >= 15 is 0 Å². The molecule has 2 heterocycles. The van der Waals surface area contributed by atoms with E-state index in [1.54, 1.807) is 12.1 Å². The van der Waals surface area contributed by atoms with E-state index in [0.29, 0.717) is 41.9 Å². The lowest BCUT2D eigenvalue weighted by Crippen LogP contribution is -2.56. The monoisotopic (exact) mass is 672 g/mol. The van der Waals surface area contributed by atoms with Gasteiger partial charge in [-0.3, -0.25) is 0 Å². The molecule has 5 rings (SSSR count). The molecule has 0 aromatic heterocycles. The van der Waals surface area contributed by atoms with E-state index in [2.05, 4.69) is 102 Å². The maximum atomic E-state index is 11.6. The van der Waals surface area contributed by atoms with Gasteiger partial charge >= 0.3 is 0 Å². The second-order valence-electron chi connectivity index (χ2n) is 17.5. The average molecular weight is 673 g/mol. The summed E-state index contributed by atoms with van der Waals surface area (Å²) >= 11 is 0. The molecular weight excluding hydrogens is 612 g/mol. The summed E-state index contributed by atoms with van der Waals surface area (Å²) in [6, 6.07) is 11.1. The van der Waals surface area contributed by atoms with E-state index in [9.17, 15) is 20.4 Å². The molecule has 2 aliphatic rings. The zero-order chi connectivity index (χ0) is 36.6. The van der Waals surface area contributed by atoms with Crippen LogP contribution in [0.3, 0.4) is 0 Å². The van der Waals surface area contributed by atoms with Crippen molar-refractivity contribution >= 4 is 0 Å². The molecule has 0 bridgehead atoms. The minimum Gasteiger partial charge on any atom is -0.508 e. The third-order valence-electron chi connectivity index (χ3n) is 12.7. The highest BCUT2D eigenvalue weighted by Crippen LogP contribution is 2.58. The van der Waals surface area contributed by atoms with Gasteiger partial charge in [0.2, 0.25) is 0 Å². The van der Waals surface area contributed by atoms with Gasteiger partial charge in [0.15, 0.2) is 0 Å². The first-order chi connectivity index (χ1) is 22.5. The minimum atomic E-state index is -0.768. The number of benzene rings is 3. The Kier molecular flexibility index (Phi) is 9.04. The van der Waals surface area contributed by atoms with E-state index in [1.165, 1.54) is 6.07 Å². The van der Waals surface area contributed by atoms with Gasteiger partial charge in [0.25, 0.3) is 0 Å². The SMILES string of the molecule is CCC(C)c1cc2c(cc1O)OC(C)(C(C)c1cc(C(C)(CC)C3(C)CC(C)(C)c4cc(C(C)C)c(O)cc4O3)c(O)cc1O)CC2(C)C.